The summed E-state index contributed by atoms with van der Waals surface area (Å²) in [5.41, 5.74) is -0.579. The largest absolute Gasteiger partial charge is 0.408 e. The predicted molar refractivity (Wildman–Crippen MR) is 138 cm³/mol. The number of nitrogens with one attached hydrogen (secondary N) is 1. The maximum atomic E-state index is 12.9. The molecule has 0 spiro atoms. The summed E-state index contributed by atoms with van der Waals surface area (Å²) in [6.45, 7) is 22.6. The Hall–Kier alpha value is -1.38. The summed E-state index contributed by atoms with van der Waals surface area (Å²) in [4.78, 5) is 28.3. The van der Waals surface area contributed by atoms with Gasteiger partial charge in [-0.1, -0.05) is 41.5 Å². The Bertz CT molecular complexity index is 936. The maximum Gasteiger partial charge on any atom is 0.351 e. The van der Waals surface area contributed by atoms with E-state index < -0.39 is 46.9 Å². The van der Waals surface area contributed by atoms with Gasteiger partial charge in [-0.3, -0.25) is 9.36 Å². The molecular weight excluding hydrogens is 470 g/mol. The van der Waals surface area contributed by atoms with E-state index in [4.69, 9.17) is 13.6 Å². The number of amides is 1. The average molecular weight is 514 g/mol. The SMILES string of the molecule is CC(=O)Nc1ccn([C@@H]2O[C@H](CO)[C@@H](O[Si](C)(C)C(C)(C)C)[C@@H]2O[Si](C)(C)C(C)(C)C)c(=O)n1. The first-order chi connectivity index (χ1) is 15.3. The summed E-state index contributed by atoms with van der Waals surface area (Å²) in [7, 11) is -4.59. The van der Waals surface area contributed by atoms with Crippen molar-refractivity contribution in [1.82, 2.24) is 9.55 Å². The highest BCUT2D eigenvalue weighted by molar-refractivity contribution is 6.74. The van der Waals surface area contributed by atoms with Crippen LogP contribution >= 0.6 is 0 Å². The predicted octanol–water partition coefficient (Wildman–Crippen LogP) is 3.87. The fourth-order valence-electron chi connectivity index (χ4n) is 3.24. The zero-order valence-electron chi connectivity index (χ0n) is 22.6. The third-order valence-electron chi connectivity index (χ3n) is 7.35. The van der Waals surface area contributed by atoms with E-state index in [0.717, 1.165) is 0 Å². The first kappa shape index (κ1) is 28.9. The monoisotopic (exact) mass is 513 g/mol. The van der Waals surface area contributed by atoms with E-state index in [1.807, 2.05) is 0 Å². The third-order valence-corrected chi connectivity index (χ3v) is 16.3. The summed E-state index contributed by atoms with van der Waals surface area (Å²) in [5.74, 6) is -0.148. The highest BCUT2D eigenvalue weighted by atomic mass is 28.4. The number of anilines is 1. The van der Waals surface area contributed by atoms with Crippen molar-refractivity contribution in [1.29, 1.82) is 0 Å². The van der Waals surface area contributed by atoms with Crippen LogP contribution < -0.4 is 11.0 Å². The highest BCUT2D eigenvalue weighted by Crippen LogP contribution is 2.45. The topological polar surface area (TPSA) is 112 Å². The molecule has 0 aliphatic carbocycles. The number of rotatable bonds is 7. The number of nitrogens with zero attached hydrogens (tertiary/aromatic N) is 2. The molecule has 194 valence electrons. The normalized spacial score (nSPS) is 24.4. The molecule has 0 aromatic carbocycles. The van der Waals surface area contributed by atoms with Crippen LogP contribution in [0.4, 0.5) is 5.82 Å². The fourth-order valence-corrected chi connectivity index (χ4v) is 5.84. The molecular formula is C23H43N3O6Si2. The standard InChI is InChI=1S/C23H43N3O6Si2/c1-15(28)24-17-12-13-26(21(29)25-17)20-19(32-34(10,11)23(5,6)7)18(16(14-27)30-20)31-33(8,9)22(2,3)4/h12-13,16,18-20,27H,14H2,1-11H3,(H,24,25,28,29)/t16-,18-,19+,20-/m1/s1. The molecule has 1 amide bonds. The number of ether oxygens (including phenoxy) is 1. The number of hydrogen-bond donors (Lipinski definition) is 2. The Morgan fingerprint density at radius 3 is 2.00 bits per heavy atom. The highest BCUT2D eigenvalue weighted by Gasteiger charge is 2.54. The number of hydrogen-bond acceptors (Lipinski definition) is 7. The van der Waals surface area contributed by atoms with Gasteiger partial charge in [-0.15, -0.1) is 0 Å². The molecule has 0 bridgehead atoms. The van der Waals surface area contributed by atoms with Gasteiger partial charge in [0.2, 0.25) is 5.91 Å². The van der Waals surface area contributed by atoms with Gasteiger partial charge < -0.3 is 24.0 Å². The molecule has 9 nitrogen and oxygen atoms in total. The van der Waals surface area contributed by atoms with Crippen LogP contribution in [0.25, 0.3) is 0 Å². The van der Waals surface area contributed by atoms with Gasteiger partial charge in [0, 0.05) is 13.1 Å². The number of aromatic nitrogens is 2. The molecule has 2 rings (SSSR count). The second-order valence-corrected chi connectivity index (χ2v) is 21.6. The molecule has 1 aliphatic heterocycles. The van der Waals surface area contributed by atoms with Crippen molar-refractivity contribution in [3.63, 3.8) is 0 Å². The molecule has 0 radical (unpaired) electrons. The van der Waals surface area contributed by atoms with Gasteiger partial charge in [0.1, 0.15) is 24.1 Å². The van der Waals surface area contributed by atoms with E-state index in [9.17, 15) is 14.7 Å². The van der Waals surface area contributed by atoms with E-state index in [2.05, 4.69) is 78.0 Å². The van der Waals surface area contributed by atoms with Crippen LogP contribution in [0.1, 0.15) is 54.7 Å². The Kier molecular flexibility index (Phi) is 8.44. The van der Waals surface area contributed by atoms with Crippen molar-refractivity contribution in [2.24, 2.45) is 0 Å². The smallest absolute Gasteiger partial charge is 0.351 e. The van der Waals surface area contributed by atoms with Gasteiger partial charge in [0.05, 0.1) is 6.61 Å². The van der Waals surface area contributed by atoms with Gasteiger partial charge in [-0.2, -0.15) is 4.98 Å². The molecule has 1 aromatic heterocycles. The molecule has 1 aromatic rings. The van der Waals surface area contributed by atoms with E-state index >= 15 is 0 Å². The van der Waals surface area contributed by atoms with E-state index in [0.29, 0.717) is 0 Å². The summed E-state index contributed by atoms with van der Waals surface area (Å²) in [6.07, 6.45) is -1.11. The molecule has 11 heteroatoms. The van der Waals surface area contributed by atoms with E-state index in [1.54, 1.807) is 6.07 Å². The molecule has 4 atom stereocenters. The summed E-state index contributed by atoms with van der Waals surface area (Å²) in [5, 5.41) is 12.6. The molecule has 0 saturated carbocycles. The Morgan fingerprint density at radius 1 is 1.09 bits per heavy atom. The summed E-state index contributed by atoms with van der Waals surface area (Å²) in [6, 6.07) is 1.55. The van der Waals surface area contributed by atoms with Crippen molar-refractivity contribution < 1.29 is 23.5 Å². The number of carbonyl (C=O) groups is 1. The Balaban J connectivity index is 2.56. The zero-order chi connectivity index (χ0) is 26.3. The lowest BCUT2D eigenvalue weighted by Crippen LogP contribution is -2.54. The minimum absolute atomic E-state index is 0.0645. The van der Waals surface area contributed by atoms with Crippen molar-refractivity contribution in [2.45, 2.75) is 109 Å². The minimum atomic E-state index is -2.32. The van der Waals surface area contributed by atoms with Crippen molar-refractivity contribution in [3.05, 3.63) is 22.7 Å². The quantitative estimate of drug-likeness (QED) is 0.532. The van der Waals surface area contributed by atoms with Crippen molar-refractivity contribution in [3.8, 4) is 0 Å². The second-order valence-electron chi connectivity index (χ2n) is 12.1. The third kappa shape index (κ3) is 6.24. The van der Waals surface area contributed by atoms with E-state index in [1.165, 1.54) is 17.7 Å². The Labute approximate surface area is 205 Å². The van der Waals surface area contributed by atoms with Crippen LogP contribution in [-0.2, 0) is 18.4 Å². The van der Waals surface area contributed by atoms with Gasteiger partial charge >= 0.3 is 5.69 Å². The average Bonchev–Trinajstić information content (AvgIpc) is 2.95. The fraction of sp³-hybridized carbons (Fsp3) is 0.783. The summed E-state index contributed by atoms with van der Waals surface area (Å²) >= 11 is 0. The summed E-state index contributed by atoms with van der Waals surface area (Å²) < 4.78 is 21.2. The molecule has 0 unspecified atom stereocenters. The molecule has 34 heavy (non-hydrogen) atoms. The van der Waals surface area contributed by atoms with Crippen molar-refractivity contribution in [2.75, 3.05) is 11.9 Å². The first-order valence-electron chi connectivity index (χ1n) is 11.8. The maximum absolute atomic E-state index is 12.9. The van der Waals surface area contributed by atoms with Crippen LogP contribution in [0.2, 0.25) is 36.3 Å². The van der Waals surface area contributed by atoms with Gasteiger partial charge in [-0.25, -0.2) is 4.79 Å². The number of aliphatic hydroxyl groups excluding tert-OH is 1. The van der Waals surface area contributed by atoms with Crippen LogP contribution in [0.15, 0.2) is 17.1 Å². The number of carbonyl (C=O) groups excluding carboxylic acids is 1. The number of aliphatic hydroxyl groups is 1. The lowest BCUT2D eigenvalue weighted by Gasteiger charge is -2.44. The molecule has 1 fully saturated rings. The Morgan fingerprint density at radius 2 is 1.59 bits per heavy atom. The zero-order valence-corrected chi connectivity index (χ0v) is 24.6. The van der Waals surface area contributed by atoms with Crippen LogP contribution in [-0.4, -0.2) is 62.1 Å². The lowest BCUT2D eigenvalue weighted by molar-refractivity contribution is -0.114. The molecule has 2 heterocycles. The first-order valence-corrected chi connectivity index (χ1v) is 17.6. The van der Waals surface area contributed by atoms with Gasteiger partial charge in [0.15, 0.2) is 22.9 Å². The second kappa shape index (κ2) is 9.94. The van der Waals surface area contributed by atoms with Gasteiger partial charge in [-0.05, 0) is 42.3 Å². The van der Waals surface area contributed by atoms with Crippen LogP contribution in [0.3, 0.4) is 0 Å². The minimum Gasteiger partial charge on any atom is -0.408 e. The molecule has 2 N–H and O–H groups in total. The molecule has 1 aliphatic rings. The van der Waals surface area contributed by atoms with Crippen molar-refractivity contribution >= 4 is 28.4 Å². The van der Waals surface area contributed by atoms with E-state index in [-0.39, 0.29) is 28.4 Å². The molecule has 1 saturated heterocycles. The van der Waals surface area contributed by atoms with Crippen LogP contribution in [0, 0.1) is 0 Å². The lowest BCUT2D eigenvalue weighted by atomic mass is 10.1. The van der Waals surface area contributed by atoms with Crippen LogP contribution in [0.5, 0.6) is 0 Å². The van der Waals surface area contributed by atoms with Gasteiger partial charge in [0.25, 0.3) is 0 Å².